The van der Waals surface area contributed by atoms with Gasteiger partial charge in [0.1, 0.15) is 22.1 Å². The number of hydrogen-bond donors (Lipinski definition) is 2. The van der Waals surface area contributed by atoms with Crippen LogP contribution in [0.5, 0.6) is 0 Å². The van der Waals surface area contributed by atoms with Gasteiger partial charge in [0.25, 0.3) is 5.91 Å². The summed E-state index contributed by atoms with van der Waals surface area (Å²) in [5.74, 6) is -1.96. The van der Waals surface area contributed by atoms with Gasteiger partial charge in [-0.2, -0.15) is 0 Å². The Balaban J connectivity index is 2.04. The molecule has 1 amide bonds. The van der Waals surface area contributed by atoms with E-state index in [0.717, 1.165) is 23.9 Å². The molecule has 0 spiro atoms. The van der Waals surface area contributed by atoms with Gasteiger partial charge in [0.2, 0.25) is 0 Å². The number of thiazole rings is 1. The smallest absolute Gasteiger partial charge is 0.263 e. The fourth-order valence-corrected chi connectivity index (χ4v) is 3.04. The van der Waals surface area contributed by atoms with Crippen molar-refractivity contribution in [3.05, 3.63) is 51.5 Å². The molecule has 1 atom stereocenters. The zero-order valence-electron chi connectivity index (χ0n) is 12.9. The Kier molecular flexibility index (Phi) is 5.43. The molecule has 2 aromatic rings. The van der Waals surface area contributed by atoms with Gasteiger partial charge in [-0.3, -0.25) is 4.79 Å². The van der Waals surface area contributed by atoms with E-state index in [-0.39, 0.29) is 18.0 Å². The Morgan fingerprint density at radius 3 is 2.83 bits per heavy atom. The second kappa shape index (κ2) is 7.14. The van der Waals surface area contributed by atoms with Crippen LogP contribution in [-0.2, 0) is 12.0 Å². The lowest BCUT2D eigenvalue weighted by atomic mass is 9.95. The normalized spacial score (nSPS) is 13.6. The van der Waals surface area contributed by atoms with Crippen molar-refractivity contribution < 1.29 is 18.7 Å². The molecule has 4 nitrogen and oxygen atoms in total. The molecule has 23 heavy (non-hydrogen) atoms. The first-order valence-corrected chi connectivity index (χ1v) is 8.06. The highest BCUT2D eigenvalue weighted by Gasteiger charge is 2.28. The summed E-state index contributed by atoms with van der Waals surface area (Å²) in [6.07, 6.45) is 3.22. The number of nitrogens with one attached hydrogen (secondary N) is 1. The minimum atomic E-state index is -1.65. The van der Waals surface area contributed by atoms with Gasteiger partial charge in [0, 0.05) is 11.6 Å². The fraction of sp³-hybridized carbons (Fsp3) is 0.375. The van der Waals surface area contributed by atoms with E-state index in [4.69, 9.17) is 0 Å². The van der Waals surface area contributed by atoms with Gasteiger partial charge < -0.3 is 10.4 Å². The summed E-state index contributed by atoms with van der Waals surface area (Å²) in [5, 5.41) is 13.8. The van der Waals surface area contributed by atoms with Gasteiger partial charge in [-0.1, -0.05) is 13.0 Å². The molecule has 1 aromatic heterocycles. The third-order valence-corrected chi connectivity index (χ3v) is 4.40. The minimum Gasteiger partial charge on any atom is -0.383 e. The van der Waals surface area contributed by atoms with Gasteiger partial charge in [-0.25, -0.2) is 13.8 Å². The predicted molar refractivity (Wildman–Crippen MR) is 84.4 cm³/mol. The monoisotopic (exact) mass is 340 g/mol. The lowest BCUT2D eigenvalue weighted by Crippen LogP contribution is -2.39. The number of nitrogens with zero attached hydrogens (tertiary/aromatic N) is 1. The van der Waals surface area contributed by atoms with E-state index in [2.05, 4.69) is 10.3 Å². The summed E-state index contributed by atoms with van der Waals surface area (Å²) in [5.41, 5.74) is -1.72. The van der Waals surface area contributed by atoms with Crippen LogP contribution in [0.2, 0.25) is 0 Å². The first-order chi connectivity index (χ1) is 10.8. The van der Waals surface area contributed by atoms with Crippen LogP contribution in [0.25, 0.3) is 0 Å². The number of hydrogen-bond acceptors (Lipinski definition) is 4. The average molecular weight is 340 g/mol. The number of halogens is 2. The second-order valence-corrected chi connectivity index (χ2v) is 6.56. The van der Waals surface area contributed by atoms with Crippen molar-refractivity contribution in [2.45, 2.75) is 32.3 Å². The summed E-state index contributed by atoms with van der Waals surface area (Å²) in [7, 11) is 0. The van der Waals surface area contributed by atoms with Gasteiger partial charge >= 0.3 is 0 Å². The Morgan fingerprint density at radius 1 is 1.43 bits per heavy atom. The van der Waals surface area contributed by atoms with Crippen molar-refractivity contribution in [1.82, 2.24) is 10.3 Å². The topological polar surface area (TPSA) is 62.2 Å². The first-order valence-electron chi connectivity index (χ1n) is 7.24. The number of carbonyl (C=O) groups is 1. The molecule has 1 heterocycles. The van der Waals surface area contributed by atoms with E-state index in [0.29, 0.717) is 10.9 Å². The molecule has 0 bridgehead atoms. The van der Waals surface area contributed by atoms with Gasteiger partial charge in [-0.15, -0.1) is 11.3 Å². The molecule has 0 saturated carbocycles. The van der Waals surface area contributed by atoms with E-state index >= 15 is 0 Å². The van der Waals surface area contributed by atoms with Crippen LogP contribution in [0, 0.1) is 11.6 Å². The van der Waals surface area contributed by atoms with Gasteiger partial charge in [0.05, 0.1) is 17.7 Å². The van der Waals surface area contributed by atoms with E-state index in [1.165, 1.54) is 30.5 Å². The van der Waals surface area contributed by atoms with E-state index < -0.39 is 17.2 Å². The lowest BCUT2D eigenvalue weighted by Gasteiger charge is -2.24. The number of amides is 1. The van der Waals surface area contributed by atoms with E-state index in [9.17, 15) is 18.7 Å². The number of carbonyl (C=O) groups excluding carboxylic acids is 1. The highest BCUT2D eigenvalue weighted by Crippen LogP contribution is 2.24. The zero-order valence-corrected chi connectivity index (χ0v) is 13.7. The van der Waals surface area contributed by atoms with Crippen molar-refractivity contribution in [2.75, 3.05) is 6.54 Å². The maximum Gasteiger partial charge on any atom is 0.263 e. The quantitative estimate of drug-likeness (QED) is 0.850. The number of benzene rings is 1. The summed E-state index contributed by atoms with van der Waals surface area (Å²) >= 11 is 1.29. The van der Waals surface area contributed by atoms with Crippen molar-refractivity contribution in [1.29, 1.82) is 0 Å². The van der Waals surface area contributed by atoms with Crippen LogP contribution in [0.3, 0.4) is 0 Å². The molecule has 2 N–H and O–H groups in total. The van der Waals surface area contributed by atoms with Crippen LogP contribution in [0.4, 0.5) is 8.78 Å². The largest absolute Gasteiger partial charge is 0.383 e. The second-order valence-electron chi connectivity index (χ2n) is 5.45. The number of aliphatic hydroxyl groups is 1. The van der Waals surface area contributed by atoms with Crippen LogP contribution in [0.15, 0.2) is 24.4 Å². The van der Waals surface area contributed by atoms with Crippen molar-refractivity contribution in [3.8, 4) is 0 Å². The molecule has 0 aliphatic carbocycles. The molecule has 1 unspecified atom stereocenters. The summed E-state index contributed by atoms with van der Waals surface area (Å²) in [4.78, 5) is 16.7. The van der Waals surface area contributed by atoms with Crippen LogP contribution in [-0.4, -0.2) is 22.5 Å². The SMILES string of the molecule is CCCc1ncc(C(=O)NCC(C)(O)c2ccc(F)cc2F)s1. The molecule has 0 saturated heterocycles. The molecule has 1 aromatic carbocycles. The molecule has 0 aliphatic rings. The Bertz CT molecular complexity index is 701. The molecular formula is C16H18F2N2O2S. The third kappa shape index (κ3) is 4.33. The van der Waals surface area contributed by atoms with E-state index in [1.54, 1.807) is 0 Å². The first kappa shape index (κ1) is 17.5. The lowest BCUT2D eigenvalue weighted by molar-refractivity contribution is 0.0495. The zero-order chi connectivity index (χ0) is 17.0. The Labute approximate surface area is 137 Å². The van der Waals surface area contributed by atoms with Crippen molar-refractivity contribution in [3.63, 3.8) is 0 Å². The number of aromatic nitrogens is 1. The van der Waals surface area contributed by atoms with Gasteiger partial charge in [0.15, 0.2) is 0 Å². The molecule has 7 heteroatoms. The number of rotatable bonds is 6. The van der Waals surface area contributed by atoms with Crippen molar-refractivity contribution >= 4 is 17.2 Å². The molecule has 0 aliphatic heterocycles. The molecule has 124 valence electrons. The predicted octanol–water partition coefficient (Wildman–Crippen LogP) is 3.01. The minimum absolute atomic E-state index is 0.0739. The molecular weight excluding hydrogens is 322 g/mol. The van der Waals surface area contributed by atoms with Crippen LogP contribution in [0.1, 0.15) is 40.5 Å². The molecule has 0 fully saturated rings. The summed E-state index contributed by atoms with van der Waals surface area (Å²) in [6, 6.07) is 2.93. The fourth-order valence-electron chi connectivity index (χ4n) is 2.11. The standard InChI is InChI=1S/C16H18F2N2O2S/c1-3-4-14-19-8-13(23-14)15(21)20-9-16(2,22)11-6-5-10(17)7-12(11)18/h5-8,22H,3-4,9H2,1-2H3,(H,20,21). The summed E-state index contributed by atoms with van der Waals surface area (Å²) in [6.45, 7) is 3.18. The maximum absolute atomic E-state index is 13.8. The van der Waals surface area contributed by atoms with E-state index in [1.807, 2.05) is 6.92 Å². The van der Waals surface area contributed by atoms with Crippen LogP contribution < -0.4 is 5.32 Å². The highest BCUT2D eigenvalue weighted by atomic mass is 32.1. The van der Waals surface area contributed by atoms with Crippen molar-refractivity contribution in [2.24, 2.45) is 0 Å². The average Bonchev–Trinajstić information content (AvgIpc) is 2.93. The Hall–Kier alpha value is -1.86. The highest BCUT2D eigenvalue weighted by molar-refractivity contribution is 7.13. The molecule has 0 radical (unpaired) electrons. The third-order valence-electron chi connectivity index (χ3n) is 3.35. The molecule has 2 rings (SSSR count). The van der Waals surface area contributed by atoms with Crippen LogP contribution >= 0.6 is 11.3 Å². The van der Waals surface area contributed by atoms with Gasteiger partial charge in [-0.05, 0) is 25.8 Å². The summed E-state index contributed by atoms with van der Waals surface area (Å²) < 4.78 is 26.7. The maximum atomic E-state index is 13.8. The Morgan fingerprint density at radius 2 is 2.17 bits per heavy atom. The number of aryl methyl sites for hydroxylation is 1.